The van der Waals surface area contributed by atoms with Gasteiger partial charge in [-0.15, -0.1) is 11.6 Å². The van der Waals surface area contributed by atoms with Crippen LogP contribution in [0.15, 0.2) is 18.2 Å². The second-order valence-corrected chi connectivity index (χ2v) is 10.4. The van der Waals surface area contributed by atoms with E-state index in [4.69, 9.17) is 16.3 Å². The van der Waals surface area contributed by atoms with E-state index in [1.165, 1.54) is 36.6 Å². The van der Waals surface area contributed by atoms with Gasteiger partial charge in [0.1, 0.15) is 5.75 Å². The third-order valence-electron chi connectivity index (χ3n) is 6.73. The van der Waals surface area contributed by atoms with E-state index in [0.29, 0.717) is 24.9 Å². The van der Waals surface area contributed by atoms with Gasteiger partial charge in [-0.1, -0.05) is 18.9 Å². The number of halogens is 1. The topological polar surface area (TPSA) is 46.6 Å². The fraction of sp³-hybridized carbons (Fsp3) is 0.700. The van der Waals surface area contributed by atoms with Crippen LogP contribution in [0.3, 0.4) is 0 Å². The molecular weight excluding hydrogens is 370 g/mol. The van der Waals surface area contributed by atoms with Gasteiger partial charge in [0.25, 0.3) is 0 Å². The first-order chi connectivity index (χ1) is 12.5. The number of sulfonamides is 1. The minimum atomic E-state index is -3.16. The molecule has 0 amide bonds. The lowest BCUT2D eigenvalue weighted by molar-refractivity contribution is 0.0317. The molecule has 0 spiro atoms. The van der Waals surface area contributed by atoms with Crippen molar-refractivity contribution in [2.75, 3.05) is 25.3 Å². The third-order valence-corrected chi connectivity index (χ3v) is 8.30. The molecule has 6 heteroatoms. The highest BCUT2D eigenvalue weighted by Crippen LogP contribution is 2.56. The van der Waals surface area contributed by atoms with Crippen LogP contribution in [0.2, 0.25) is 0 Å². The minimum absolute atomic E-state index is 0.120. The Labute approximate surface area is 161 Å². The Morgan fingerprint density at radius 2 is 2.15 bits per heavy atom. The van der Waals surface area contributed by atoms with E-state index in [0.717, 1.165) is 31.4 Å². The number of hydrogen-bond acceptors (Lipinski definition) is 3. The predicted molar refractivity (Wildman–Crippen MR) is 105 cm³/mol. The van der Waals surface area contributed by atoms with E-state index in [1.807, 2.05) is 6.07 Å². The van der Waals surface area contributed by atoms with E-state index in [1.54, 1.807) is 4.31 Å². The van der Waals surface area contributed by atoms with Gasteiger partial charge >= 0.3 is 0 Å². The van der Waals surface area contributed by atoms with Crippen molar-refractivity contribution in [3.8, 4) is 5.75 Å². The maximum atomic E-state index is 12.4. The lowest BCUT2D eigenvalue weighted by Gasteiger charge is -2.58. The van der Waals surface area contributed by atoms with Gasteiger partial charge in [-0.2, -0.15) is 4.31 Å². The fourth-order valence-electron chi connectivity index (χ4n) is 5.70. The number of piperidine rings is 1. The number of alkyl halides is 1. The normalized spacial score (nSPS) is 31.2. The van der Waals surface area contributed by atoms with Crippen molar-refractivity contribution in [1.29, 1.82) is 0 Å². The maximum Gasteiger partial charge on any atom is 0.211 e. The summed E-state index contributed by atoms with van der Waals surface area (Å²) >= 11 is 5.76. The molecule has 1 aromatic carbocycles. The minimum Gasteiger partial charge on any atom is -0.494 e. The van der Waals surface area contributed by atoms with Crippen molar-refractivity contribution in [3.05, 3.63) is 29.3 Å². The molecular formula is C20H28ClNO3S. The standard InChI is InChI=1S/C20H28ClNO3S/c1-26(23,24)22-11-9-20-8-3-2-5-17(20)19(22)13-15-6-7-16(14-18(15)20)25-12-4-10-21/h6-7,14,17,19H,2-5,8-13H2,1H3/t17-,19+,20+/m0/s1. The number of hydrogen-bond donors (Lipinski definition) is 0. The van der Waals surface area contributed by atoms with Crippen molar-refractivity contribution < 1.29 is 13.2 Å². The van der Waals surface area contributed by atoms with Crippen LogP contribution in [0, 0.1) is 5.92 Å². The van der Waals surface area contributed by atoms with Crippen LogP contribution in [0.25, 0.3) is 0 Å². The fourth-order valence-corrected chi connectivity index (χ4v) is 6.94. The molecule has 4 nitrogen and oxygen atoms in total. The molecule has 0 aromatic heterocycles. The Kier molecular flexibility index (Phi) is 4.99. The molecule has 3 aliphatic rings. The molecule has 1 aliphatic heterocycles. The zero-order valence-electron chi connectivity index (χ0n) is 15.4. The highest BCUT2D eigenvalue weighted by atomic mass is 35.5. The first-order valence-corrected chi connectivity index (χ1v) is 12.1. The Morgan fingerprint density at radius 3 is 2.92 bits per heavy atom. The van der Waals surface area contributed by atoms with Crippen molar-refractivity contribution in [2.45, 2.75) is 56.4 Å². The van der Waals surface area contributed by atoms with Crippen LogP contribution in [-0.4, -0.2) is 44.1 Å². The summed E-state index contributed by atoms with van der Waals surface area (Å²) in [4.78, 5) is 0. The van der Waals surface area contributed by atoms with Crippen molar-refractivity contribution in [3.63, 3.8) is 0 Å². The summed E-state index contributed by atoms with van der Waals surface area (Å²) in [5.41, 5.74) is 2.87. The summed E-state index contributed by atoms with van der Waals surface area (Å²) in [5, 5.41) is 0. The van der Waals surface area contributed by atoms with Gasteiger partial charge in [-0.25, -0.2) is 8.42 Å². The van der Waals surface area contributed by atoms with Crippen LogP contribution >= 0.6 is 11.6 Å². The lowest BCUT2D eigenvalue weighted by atomic mass is 9.53. The first-order valence-electron chi connectivity index (χ1n) is 9.75. The van der Waals surface area contributed by atoms with Gasteiger partial charge in [0.15, 0.2) is 0 Å². The zero-order valence-corrected chi connectivity index (χ0v) is 17.0. The number of benzene rings is 1. The van der Waals surface area contributed by atoms with Crippen LogP contribution in [-0.2, 0) is 21.9 Å². The summed E-state index contributed by atoms with van der Waals surface area (Å²) in [6, 6.07) is 6.56. The summed E-state index contributed by atoms with van der Waals surface area (Å²) in [7, 11) is -3.16. The molecule has 4 rings (SSSR count). The number of nitrogens with zero attached hydrogens (tertiary/aromatic N) is 1. The molecule has 3 atom stereocenters. The second kappa shape index (κ2) is 6.99. The third kappa shape index (κ3) is 3.06. The molecule has 0 N–H and O–H groups in total. The zero-order chi connectivity index (χ0) is 18.4. The molecule has 1 aromatic rings. The Hall–Kier alpha value is -0.780. The Morgan fingerprint density at radius 1 is 1.31 bits per heavy atom. The van der Waals surface area contributed by atoms with Crippen LogP contribution in [0.1, 0.15) is 49.7 Å². The van der Waals surface area contributed by atoms with Crippen LogP contribution < -0.4 is 4.74 Å². The van der Waals surface area contributed by atoms with Crippen molar-refractivity contribution in [1.82, 2.24) is 4.31 Å². The van der Waals surface area contributed by atoms with Crippen LogP contribution in [0.5, 0.6) is 5.75 Å². The molecule has 2 fully saturated rings. The second-order valence-electron chi connectivity index (χ2n) is 8.11. The Bertz CT molecular complexity index is 781. The summed E-state index contributed by atoms with van der Waals surface area (Å²) in [6.07, 6.45) is 8.72. The monoisotopic (exact) mass is 397 g/mol. The molecule has 2 bridgehead atoms. The molecule has 1 saturated carbocycles. The highest BCUT2D eigenvalue weighted by Gasteiger charge is 2.55. The van der Waals surface area contributed by atoms with Gasteiger partial charge in [0.2, 0.25) is 10.0 Å². The van der Waals surface area contributed by atoms with E-state index < -0.39 is 10.0 Å². The maximum absolute atomic E-state index is 12.4. The van der Waals surface area contributed by atoms with Gasteiger partial charge in [-0.3, -0.25) is 0 Å². The Balaban J connectivity index is 1.73. The van der Waals surface area contributed by atoms with E-state index in [-0.39, 0.29) is 11.5 Å². The van der Waals surface area contributed by atoms with Crippen molar-refractivity contribution >= 4 is 21.6 Å². The molecule has 26 heavy (non-hydrogen) atoms. The van der Waals surface area contributed by atoms with Crippen LogP contribution in [0.4, 0.5) is 0 Å². The molecule has 1 saturated heterocycles. The SMILES string of the molecule is CS(=O)(=O)N1CC[C@]23CCCC[C@H]2[C@H]1Cc1ccc(OCCCCl)cc13. The molecule has 0 unspecified atom stereocenters. The van der Waals surface area contributed by atoms with Gasteiger partial charge in [-0.05, 0) is 61.3 Å². The van der Waals surface area contributed by atoms with Gasteiger partial charge < -0.3 is 4.74 Å². The van der Waals surface area contributed by atoms with Gasteiger partial charge in [0, 0.05) is 23.9 Å². The first kappa shape index (κ1) is 18.6. The van der Waals surface area contributed by atoms with E-state index in [9.17, 15) is 8.42 Å². The average Bonchev–Trinajstić information content (AvgIpc) is 2.61. The summed E-state index contributed by atoms with van der Waals surface area (Å²) in [6.45, 7) is 1.29. The van der Waals surface area contributed by atoms with Gasteiger partial charge in [0.05, 0.1) is 12.9 Å². The smallest absolute Gasteiger partial charge is 0.211 e. The largest absolute Gasteiger partial charge is 0.494 e. The summed E-state index contributed by atoms with van der Waals surface area (Å²) < 4.78 is 32.4. The lowest BCUT2D eigenvalue weighted by Crippen LogP contribution is -2.61. The average molecular weight is 398 g/mol. The number of rotatable bonds is 5. The quantitative estimate of drug-likeness (QED) is 0.562. The number of fused-ring (bicyclic) bond motifs is 1. The molecule has 2 aliphatic carbocycles. The highest BCUT2D eigenvalue weighted by molar-refractivity contribution is 7.88. The van der Waals surface area contributed by atoms with E-state index in [2.05, 4.69) is 12.1 Å². The van der Waals surface area contributed by atoms with Crippen molar-refractivity contribution in [2.24, 2.45) is 5.92 Å². The summed E-state index contributed by atoms with van der Waals surface area (Å²) in [5.74, 6) is 1.97. The predicted octanol–water partition coefficient (Wildman–Crippen LogP) is 3.71. The molecule has 0 radical (unpaired) electrons. The number of ether oxygens (including phenoxy) is 1. The molecule has 1 heterocycles. The van der Waals surface area contributed by atoms with E-state index >= 15 is 0 Å². The molecule has 144 valence electrons.